The number of hydrogen-bond acceptors (Lipinski definition) is 4. The zero-order valence-corrected chi connectivity index (χ0v) is 19.6. The third kappa shape index (κ3) is 7.46. The fourth-order valence-electron chi connectivity index (χ4n) is 5.19. The summed E-state index contributed by atoms with van der Waals surface area (Å²) in [6.07, 6.45) is 11.4. The van der Waals surface area contributed by atoms with Gasteiger partial charge >= 0.3 is 6.03 Å². The molecule has 6 heteroatoms. The molecule has 2 amide bonds. The Morgan fingerprint density at radius 1 is 1.00 bits per heavy atom. The number of ether oxygens (including phenoxy) is 2. The Balaban J connectivity index is 1.17. The number of piperidine rings is 1. The highest BCUT2D eigenvalue weighted by molar-refractivity contribution is 5.89. The Kier molecular flexibility index (Phi) is 9.24. The van der Waals surface area contributed by atoms with E-state index in [1.165, 1.54) is 51.7 Å². The lowest BCUT2D eigenvalue weighted by Crippen LogP contribution is -2.43. The van der Waals surface area contributed by atoms with Crippen LogP contribution in [0.15, 0.2) is 24.3 Å². The summed E-state index contributed by atoms with van der Waals surface area (Å²) in [6.45, 7) is 7.48. The first kappa shape index (κ1) is 23.5. The maximum Gasteiger partial charge on any atom is 0.321 e. The molecule has 1 N–H and O–H groups in total. The van der Waals surface area contributed by atoms with Crippen molar-refractivity contribution in [1.29, 1.82) is 0 Å². The van der Waals surface area contributed by atoms with Crippen LogP contribution < -0.4 is 5.32 Å². The first-order valence-electron chi connectivity index (χ1n) is 12.8. The molecule has 1 aromatic carbocycles. The van der Waals surface area contributed by atoms with Crippen molar-refractivity contribution in [2.24, 2.45) is 5.92 Å². The molecule has 1 unspecified atom stereocenters. The Morgan fingerprint density at radius 2 is 1.81 bits per heavy atom. The number of carbonyl (C=O) groups is 1. The number of nitrogens with zero attached hydrogens (tertiary/aromatic N) is 2. The number of nitrogens with one attached hydrogen (secondary N) is 1. The second-order valence-electron chi connectivity index (χ2n) is 9.78. The summed E-state index contributed by atoms with van der Waals surface area (Å²) >= 11 is 0. The van der Waals surface area contributed by atoms with Gasteiger partial charge in [-0.1, -0.05) is 25.0 Å². The highest BCUT2D eigenvalue weighted by Crippen LogP contribution is 2.22. The van der Waals surface area contributed by atoms with Crippen molar-refractivity contribution in [3.8, 4) is 0 Å². The predicted octanol–water partition coefficient (Wildman–Crippen LogP) is 4.89. The van der Waals surface area contributed by atoms with Crippen molar-refractivity contribution < 1.29 is 14.3 Å². The topological polar surface area (TPSA) is 54.0 Å². The monoisotopic (exact) mass is 443 g/mol. The summed E-state index contributed by atoms with van der Waals surface area (Å²) in [5, 5.41) is 3.09. The molecule has 0 aliphatic carbocycles. The zero-order chi connectivity index (χ0) is 22.0. The Bertz CT molecular complexity index is 691. The van der Waals surface area contributed by atoms with Crippen LogP contribution in [-0.4, -0.2) is 67.9 Å². The molecule has 32 heavy (non-hydrogen) atoms. The van der Waals surface area contributed by atoms with Crippen molar-refractivity contribution in [3.05, 3.63) is 29.8 Å². The van der Waals surface area contributed by atoms with Gasteiger partial charge < -0.3 is 24.6 Å². The zero-order valence-electron chi connectivity index (χ0n) is 19.6. The fourth-order valence-corrected chi connectivity index (χ4v) is 5.19. The molecule has 178 valence electrons. The van der Waals surface area contributed by atoms with Gasteiger partial charge in [-0.15, -0.1) is 0 Å². The summed E-state index contributed by atoms with van der Waals surface area (Å²) in [5.41, 5.74) is 1.92. The number of rotatable bonds is 7. The second kappa shape index (κ2) is 12.6. The van der Waals surface area contributed by atoms with Crippen molar-refractivity contribution in [1.82, 2.24) is 9.80 Å². The molecule has 0 saturated carbocycles. The van der Waals surface area contributed by atoms with E-state index in [0.717, 1.165) is 62.5 Å². The lowest BCUT2D eigenvalue weighted by Gasteiger charge is -2.34. The van der Waals surface area contributed by atoms with Crippen LogP contribution in [0.3, 0.4) is 0 Å². The molecule has 0 radical (unpaired) electrons. The largest absolute Gasteiger partial charge is 0.376 e. The third-order valence-electron chi connectivity index (χ3n) is 7.14. The van der Waals surface area contributed by atoms with Crippen LogP contribution in [0.25, 0.3) is 0 Å². The molecule has 0 spiro atoms. The van der Waals surface area contributed by atoms with Gasteiger partial charge in [0.15, 0.2) is 0 Å². The van der Waals surface area contributed by atoms with Crippen molar-refractivity contribution in [3.63, 3.8) is 0 Å². The average molecular weight is 444 g/mol. The molecule has 0 aromatic heterocycles. The summed E-state index contributed by atoms with van der Waals surface area (Å²) in [5.74, 6) is 0.728. The van der Waals surface area contributed by atoms with E-state index < -0.39 is 0 Å². The second-order valence-corrected chi connectivity index (χ2v) is 9.78. The minimum Gasteiger partial charge on any atom is -0.376 e. The molecular weight excluding hydrogens is 402 g/mol. The van der Waals surface area contributed by atoms with Crippen molar-refractivity contribution in [2.75, 3.05) is 51.3 Å². The van der Waals surface area contributed by atoms with Crippen molar-refractivity contribution >= 4 is 11.7 Å². The number of hydrogen-bond donors (Lipinski definition) is 1. The lowest BCUT2D eigenvalue weighted by molar-refractivity contribution is -0.0447. The summed E-state index contributed by atoms with van der Waals surface area (Å²) in [4.78, 5) is 17.4. The molecule has 3 aliphatic heterocycles. The third-order valence-corrected chi connectivity index (χ3v) is 7.14. The van der Waals surface area contributed by atoms with E-state index in [4.69, 9.17) is 9.47 Å². The molecule has 0 bridgehead atoms. The smallest absolute Gasteiger partial charge is 0.321 e. The van der Waals surface area contributed by atoms with E-state index in [1.807, 2.05) is 29.2 Å². The Labute approximate surface area is 193 Å². The fraction of sp³-hybridized carbons (Fsp3) is 0.731. The molecule has 1 atom stereocenters. The summed E-state index contributed by atoms with van der Waals surface area (Å²) in [7, 11) is 0. The number of amides is 2. The number of carbonyl (C=O) groups excluding carboxylic acids is 1. The van der Waals surface area contributed by atoms with Crippen molar-refractivity contribution in [2.45, 2.75) is 70.5 Å². The minimum absolute atomic E-state index is 0.0203. The molecule has 4 rings (SSSR count). The Morgan fingerprint density at radius 3 is 2.56 bits per heavy atom. The predicted molar refractivity (Wildman–Crippen MR) is 128 cm³/mol. The average Bonchev–Trinajstić information content (AvgIpc) is 3.09. The van der Waals surface area contributed by atoms with Gasteiger partial charge in [0.1, 0.15) is 0 Å². The number of anilines is 1. The van der Waals surface area contributed by atoms with E-state index in [2.05, 4.69) is 10.2 Å². The maximum atomic E-state index is 12.8. The molecule has 1 aromatic rings. The number of likely N-dealkylation sites (tertiary alicyclic amines) is 2. The van der Waals surface area contributed by atoms with E-state index in [0.29, 0.717) is 13.2 Å². The summed E-state index contributed by atoms with van der Waals surface area (Å²) < 4.78 is 11.6. The van der Waals surface area contributed by atoms with E-state index in [-0.39, 0.29) is 12.1 Å². The van der Waals surface area contributed by atoms with Crippen LogP contribution in [0.5, 0.6) is 0 Å². The van der Waals surface area contributed by atoms with E-state index in [1.54, 1.807) is 0 Å². The highest BCUT2D eigenvalue weighted by Gasteiger charge is 2.24. The van der Waals surface area contributed by atoms with Gasteiger partial charge in [0.05, 0.1) is 19.3 Å². The number of urea groups is 1. The highest BCUT2D eigenvalue weighted by atomic mass is 16.5. The van der Waals surface area contributed by atoms with Crippen LogP contribution >= 0.6 is 0 Å². The molecule has 3 saturated heterocycles. The summed E-state index contributed by atoms with van der Waals surface area (Å²) in [6, 6.07) is 8.03. The molecule has 3 heterocycles. The van der Waals surface area contributed by atoms with E-state index >= 15 is 0 Å². The first-order valence-corrected chi connectivity index (χ1v) is 12.8. The molecule has 3 fully saturated rings. The van der Waals surface area contributed by atoms with Gasteiger partial charge in [-0.25, -0.2) is 4.79 Å². The molecular formula is C26H41N3O3. The van der Waals surface area contributed by atoms with Gasteiger partial charge in [-0.3, -0.25) is 0 Å². The molecule has 6 nitrogen and oxygen atoms in total. The first-order chi connectivity index (χ1) is 15.8. The Hall–Kier alpha value is -1.63. The van der Waals surface area contributed by atoms with Crippen LogP contribution in [0.2, 0.25) is 0 Å². The lowest BCUT2D eigenvalue weighted by atomic mass is 9.96. The normalized spacial score (nSPS) is 23.6. The number of benzene rings is 1. The SMILES string of the molecule is O=C(Nc1cccc(COCC2CCCCO2)c1)N1CCC(CN2CCCCCC2)CC1. The quantitative estimate of drug-likeness (QED) is 0.652. The van der Waals surface area contributed by atoms with Gasteiger partial charge in [0.2, 0.25) is 0 Å². The van der Waals surface area contributed by atoms with Gasteiger partial charge in [0.25, 0.3) is 0 Å². The van der Waals surface area contributed by atoms with Crippen LogP contribution in [-0.2, 0) is 16.1 Å². The molecule has 3 aliphatic rings. The standard InChI is InChI=1S/C26H41N3O3/c30-26(29-15-11-22(12-16-29)19-28-13-4-1-2-5-14-28)27-24-9-7-8-23(18-24)20-31-21-25-10-3-6-17-32-25/h7-9,18,22,25H,1-6,10-17,19-21H2,(H,27,30). The van der Waals surface area contributed by atoms with Crippen LogP contribution in [0.4, 0.5) is 10.5 Å². The van der Waals surface area contributed by atoms with Gasteiger partial charge in [-0.2, -0.15) is 0 Å². The van der Waals surface area contributed by atoms with Crippen LogP contribution in [0.1, 0.15) is 63.4 Å². The maximum absolute atomic E-state index is 12.8. The van der Waals surface area contributed by atoms with Crippen LogP contribution in [0, 0.1) is 5.92 Å². The van der Waals surface area contributed by atoms with Gasteiger partial charge in [0, 0.05) is 31.9 Å². The minimum atomic E-state index is 0.0203. The van der Waals surface area contributed by atoms with E-state index in [9.17, 15) is 4.79 Å². The van der Waals surface area contributed by atoms with Gasteiger partial charge in [-0.05, 0) is 81.6 Å².